The monoisotopic (exact) mass is 598 g/mol. The van der Waals surface area contributed by atoms with Gasteiger partial charge in [-0.3, -0.25) is 24.0 Å². The second-order valence-electron chi connectivity index (χ2n) is 14.0. The van der Waals surface area contributed by atoms with Crippen molar-refractivity contribution in [3.8, 4) is 0 Å². The predicted molar refractivity (Wildman–Crippen MR) is 151 cm³/mol. The van der Waals surface area contributed by atoms with Gasteiger partial charge in [-0.15, -0.1) is 0 Å². The Morgan fingerprint density at radius 2 is 1.67 bits per heavy atom. The lowest BCUT2D eigenvalue weighted by atomic mass is 9.44. The maximum atomic E-state index is 15.1. The zero-order chi connectivity index (χ0) is 31.5. The fourth-order valence-electron chi connectivity index (χ4n) is 9.35. The SMILES string of the molecule is CC(=O)O[C@@H]1[C@H]2[C@@H](OC(=O)Cc3ccccc3)[C@@H](C)C[C@]2(OC(C)=O)C(=O)[C@]2(C)C[C@@]1(O)CC[C@H]1[C@H]2[C@@H](OC=O)C1(C)C. The van der Waals surface area contributed by atoms with Crippen LogP contribution in [-0.2, 0) is 49.3 Å². The van der Waals surface area contributed by atoms with Gasteiger partial charge in [0.15, 0.2) is 11.4 Å². The molecule has 10 atom stereocenters. The summed E-state index contributed by atoms with van der Waals surface area (Å²) in [6, 6.07) is 9.04. The first kappa shape index (κ1) is 31.2. The van der Waals surface area contributed by atoms with Gasteiger partial charge in [0.05, 0.1) is 12.3 Å². The standard InChI is InChI=1S/C33H42O10/c1-18-15-33(43-20(3)36)25(26(18)42-23(37)14-21-10-8-7-9-11-21)28(41-19(2)35)32(39)13-12-22-24(31(6,16-32)29(33)38)27(40-17-34)30(22,4)5/h7-11,17-18,22,24-28,39H,12-16H2,1-6H3/t18-,22-,24-,25+,26-,27+,28+,31+,32-,33+/m0/s1. The third-order valence-corrected chi connectivity index (χ3v) is 10.9. The molecule has 0 saturated heterocycles. The molecule has 0 aliphatic heterocycles. The van der Waals surface area contributed by atoms with Crippen molar-refractivity contribution in [1.29, 1.82) is 0 Å². The van der Waals surface area contributed by atoms with Crippen molar-refractivity contribution >= 4 is 30.2 Å². The Morgan fingerprint density at radius 1 is 1.00 bits per heavy atom. The Kier molecular flexibility index (Phi) is 7.77. The fraction of sp³-hybridized carbons (Fsp3) is 0.667. The minimum absolute atomic E-state index is 0.00276. The molecule has 0 unspecified atom stereocenters. The van der Waals surface area contributed by atoms with Crippen molar-refractivity contribution in [1.82, 2.24) is 0 Å². The van der Waals surface area contributed by atoms with E-state index in [2.05, 4.69) is 0 Å². The quantitative estimate of drug-likeness (QED) is 0.282. The van der Waals surface area contributed by atoms with Crippen LogP contribution in [0.25, 0.3) is 0 Å². The summed E-state index contributed by atoms with van der Waals surface area (Å²) in [6.07, 6.45) is -2.42. The number of rotatable bonds is 7. The molecule has 4 aliphatic carbocycles. The lowest BCUT2D eigenvalue weighted by molar-refractivity contribution is -0.223. The van der Waals surface area contributed by atoms with Crippen LogP contribution < -0.4 is 0 Å². The topological polar surface area (TPSA) is 142 Å². The number of fused-ring (bicyclic) bond motifs is 5. The van der Waals surface area contributed by atoms with Crippen LogP contribution in [0.1, 0.15) is 72.8 Å². The highest BCUT2D eigenvalue weighted by molar-refractivity contribution is 5.96. The van der Waals surface area contributed by atoms with E-state index in [1.807, 2.05) is 32.0 Å². The van der Waals surface area contributed by atoms with Crippen molar-refractivity contribution in [3.05, 3.63) is 35.9 Å². The van der Waals surface area contributed by atoms with Gasteiger partial charge in [0.1, 0.15) is 23.9 Å². The van der Waals surface area contributed by atoms with E-state index in [0.717, 1.165) is 5.56 Å². The van der Waals surface area contributed by atoms with Gasteiger partial charge in [0.2, 0.25) is 0 Å². The molecule has 4 saturated carbocycles. The van der Waals surface area contributed by atoms with Gasteiger partial charge >= 0.3 is 17.9 Å². The van der Waals surface area contributed by atoms with Crippen LogP contribution in [0.15, 0.2) is 30.3 Å². The minimum atomic E-state index is -1.87. The molecule has 10 heteroatoms. The van der Waals surface area contributed by atoms with Crippen molar-refractivity contribution in [3.63, 3.8) is 0 Å². The molecule has 4 fully saturated rings. The normalized spacial score (nSPS) is 40.8. The molecule has 10 nitrogen and oxygen atoms in total. The fourth-order valence-corrected chi connectivity index (χ4v) is 9.35. The van der Waals surface area contributed by atoms with Crippen LogP contribution in [0.5, 0.6) is 0 Å². The highest BCUT2D eigenvalue weighted by Gasteiger charge is 2.78. The van der Waals surface area contributed by atoms with Crippen molar-refractivity contribution in [2.75, 3.05) is 0 Å². The van der Waals surface area contributed by atoms with Gasteiger partial charge in [0.25, 0.3) is 6.47 Å². The number of benzene rings is 1. The van der Waals surface area contributed by atoms with Gasteiger partial charge in [0, 0.05) is 37.0 Å². The average Bonchev–Trinajstić information content (AvgIpc) is 3.07. The van der Waals surface area contributed by atoms with E-state index in [-0.39, 0.29) is 31.6 Å². The molecular formula is C33H42O10. The lowest BCUT2D eigenvalue weighted by Gasteiger charge is -2.62. The average molecular weight is 599 g/mol. The number of aliphatic hydroxyl groups is 1. The molecule has 2 bridgehead atoms. The van der Waals surface area contributed by atoms with E-state index in [0.29, 0.717) is 12.9 Å². The van der Waals surface area contributed by atoms with E-state index < -0.39 is 81.8 Å². The highest BCUT2D eigenvalue weighted by Crippen LogP contribution is 2.68. The third kappa shape index (κ3) is 4.86. The molecule has 4 aliphatic rings. The van der Waals surface area contributed by atoms with Gasteiger partial charge < -0.3 is 24.1 Å². The molecule has 0 spiro atoms. The molecule has 0 aromatic heterocycles. The maximum Gasteiger partial charge on any atom is 0.310 e. The summed E-state index contributed by atoms with van der Waals surface area (Å²) in [6.45, 7) is 10.3. The molecule has 1 aromatic carbocycles. The lowest BCUT2D eigenvalue weighted by Crippen LogP contribution is -2.67. The molecule has 0 heterocycles. The van der Waals surface area contributed by atoms with E-state index in [9.17, 15) is 24.3 Å². The van der Waals surface area contributed by atoms with E-state index in [1.54, 1.807) is 26.0 Å². The van der Waals surface area contributed by atoms with Gasteiger partial charge in [-0.05, 0) is 36.7 Å². The first-order chi connectivity index (χ1) is 20.1. The third-order valence-electron chi connectivity index (χ3n) is 10.9. The zero-order valence-electron chi connectivity index (χ0n) is 25.7. The van der Waals surface area contributed by atoms with Crippen molar-refractivity contribution < 1.29 is 48.0 Å². The van der Waals surface area contributed by atoms with Crippen molar-refractivity contribution in [2.24, 2.45) is 34.5 Å². The number of carbonyl (C=O) groups excluding carboxylic acids is 5. The van der Waals surface area contributed by atoms with Crippen molar-refractivity contribution in [2.45, 2.75) is 103 Å². The van der Waals surface area contributed by atoms with Gasteiger partial charge in [-0.2, -0.15) is 0 Å². The first-order valence-electron chi connectivity index (χ1n) is 15.1. The van der Waals surface area contributed by atoms with Crippen LogP contribution >= 0.6 is 0 Å². The van der Waals surface area contributed by atoms with E-state index in [1.165, 1.54) is 13.8 Å². The van der Waals surface area contributed by atoms with E-state index >= 15 is 4.79 Å². The molecule has 43 heavy (non-hydrogen) atoms. The van der Waals surface area contributed by atoms with Gasteiger partial charge in [-0.25, -0.2) is 0 Å². The number of carbonyl (C=O) groups is 5. The number of hydrogen-bond acceptors (Lipinski definition) is 10. The summed E-state index contributed by atoms with van der Waals surface area (Å²) < 4.78 is 23.6. The predicted octanol–water partition coefficient (Wildman–Crippen LogP) is 3.35. The van der Waals surface area contributed by atoms with Crippen LogP contribution in [0.2, 0.25) is 0 Å². The van der Waals surface area contributed by atoms with Gasteiger partial charge in [-0.1, -0.05) is 58.0 Å². The summed E-state index contributed by atoms with van der Waals surface area (Å²) in [7, 11) is 0. The Balaban J connectivity index is 1.66. The smallest absolute Gasteiger partial charge is 0.310 e. The molecule has 1 aromatic rings. The van der Waals surface area contributed by atoms with E-state index in [4.69, 9.17) is 18.9 Å². The molecule has 5 rings (SSSR count). The largest absolute Gasteiger partial charge is 0.464 e. The Labute approximate surface area is 251 Å². The number of Topliss-reactive ketones (excluding diaryl/α,β-unsaturated/α-hetero) is 1. The molecule has 1 N–H and O–H groups in total. The molecular weight excluding hydrogens is 556 g/mol. The summed E-state index contributed by atoms with van der Waals surface area (Å²) >= 11 is 0. The summed E-state index contributed by atoms with van der Waals surface area (Å²) in [5.41, 5.74) is -4.67. The second kappa shape index (κ2) is 10.7. The zero-order valence-corrected chi connectivity index (χ0v) is 25.7. The molecule has 0 amide bonds. The number of esters is 3. The second-order valence-corrected chi connectivity index (χ2v) is 14.0. The number of ketones is 1. The highest BCUT2D eigenvalue weighted by atomic mass is 16.6. The van der Waals surface area contributed by atoms with Crippen LogP contribution in [0.3, 0.4) is 0 Å². The number of ether oxygens (including phenoxy) is 4. The first-order valence-corrected chi connectivity index (χ1v) is 15.1. The summed E-state index contributed by atoms with van der Waals surface area (Å²) in [5.74, 6) is -4.64. The summed E-state index contributed by atoms with van der Waals surface area (Å²) in [4.78, 5) is 65.4. The summed E-state index contributed by atoms with van der Waals surface area (Å²) in [5, 5.41) is 12.6. The Hall–Kier alpha value is -3.27. The Bertz CT molecular complexity index is 1310. The Morgan fingerprint density at radius 3 is 2.28 bits per heavy atom. The molecule has 0 radical (unpaired) electrons. The minimum Gasteiger partial charge on any atom is -0.464 e. The number of hydrogen-bond donors (Lipinski definition) is 1. The van der Waals surface area contributed by atoms with Crippen LogP contribution in [0, 0.1) is 34.5 Å². The van der Waals surface area contributed by atoms with Crippen LogP contribution in [-0.4, -0.2) is 64.8 Å². The van der Waals surface area contributed by atoms with Crippen LogP contribution in [0.4, 0.5) is 0 Å². The maximum absolute atomic E-state index is 15.1. The molecule has 234 valence electrons.